The van der Waals surface area contributed by atoms with Gasteiger partial charge in [0.15, 0.2) is 0 Å². The third kappa shape index (κ3) is 3.38. The van der Waals surface area contributed by atoms with Crippen LogP contribution in [0.4, 0.5) is 0 Å². The lowest BCUT2D eigenvalue weighted by atomic mass is 9.88. The summed E-state index contributed by atoms with van der Waals surface area (Å²) < 4.78 is 48.6. The molecule has 33 heavy (non-hydrogen) atoms. The Labute approximate surface area is 200 Å². The number of furan rings is 1. The van der Waals surface area contributed by atoms with E-state index in [9.17, 15) is 0 Å². The molecular formula is C31H27NO. The van der Waals surface area contributed by atoms with Crippen LogP contribution in [0.15, 0.2) is 83.4 Å². The van der Waals surface area contributed by atoms with Crippen LogP contribution in [-0.2, 0) is 6.37 Å². The van der Waals surface area contributed by atoms with Crippen LogP contribution in [0, 0.1) is 12.3 Å². The molecule has 2 heterocycles. The lowest BCUT2D eigenvalue weighted by Gasteiger charge is -2.18. The molecule has 0 fully saturated rings. The summed E-state index contributed by atoms with van der Waals surface area (Å²) in [6.07, 6.45) is -0.00405. The van der Waals surface area contributed by atoms with Crippen molar-refractivity contribution in [2.45, 2.75) is 34.0 Å². The van der Waals surface area contributed by atoms with E-state index in [0.29, 0.717) is 33.4 Å². The van der Waals surface area contributed by atoms with Gasteiger partial charge in [-0.25, -0.2) is 0 Å². The third-order valence-electron chi connectivity index (χ3n) is 6.04. The molecule has 0 aliphatic carbocycles. The SMILES string of the molecule is [2H]C([2H])([2H])c1ccc(-c2cc(C([2H])([2H])C(C)(C)C)ccn2)c2oc3cc4c(ccc5ccccc54)cc3c12. The van der Waals surface area contributed by atoms with Crippen LogP contribution in [0.2, 0.25) is 0 Å². The van der Waals surface area contributed by atoms with Gasteiger partial charge in [0, 0.05) is 29.4 Å². The zero-order chi connectivity index (χ0) is 27.0. The average molecular weight is 435 g/mol. The van der Waals surface area contributed by atoms with Crippen LogP contribution in [0.3, 0.4) is 0 Å². The van der Waals surface area contributed by atoms with Gasteiger partial charge in [0.25, 0.3) is 0 Å². The molecular weight excluding hydrogens is 402 g/mol. The Morgan fingerprint density at radius 1 is 0.879 bits per heavy atom. The van der Waals surface area contributed by atoms with Crippen molar-refractivity contribution in [3.05, 3.63) is 90.1 Å². The summed E-state index contributed by atoms with van der Waals surface area (Å²) >= 11 is 0. The standard InChI is InChI=1S/C31H27NO/c1-19-9-12-24(27-15-20(13-14-32-27)18-31(2,3)4)30-29(19)26-16-22-11-10-21-7-5-6-8-23(21)25(22)17-28(26)33-30/h5-17H,18H2,1-4H3/i1D3,18D2. The predicted octanol–water partition coefficient (Wildman–Crippen LogP) is 8.85. The Morgan fingerprint density at radius 3 is 2.58 bits per heavy atom. The number of fused-ring (bicyclic) bond motifs is 6. The molecule has 0 atom stereocenters. The first kappa shape index (κ1) is 15.2. The Kier molecular flexibility index (Phi) is 3.31. The number of aromatic nitrogens is 1. The number of nitrogens with zero attached hydrogens (tertiary/aromatic N) is 1. The smallest absolute Gasteiger partial charge is 0.145 e. The lowest BCUT2D eigenvalue weighted by molar-refractivity contribution is 0.411. The van der Waals surface area contributed by atoms with E-state index < -0.39 is 18.6 Å². The molecule has 0 aliphatic heterocycles. The molecule has 0 saturated heterocycles. The maximum atomic E-state index is 8.73. The molecule has 0 unspecified atom stereocenters. The van der Waals surface area contributed by atoms with Crippen molar-refractivity contribution in [3.8, 4) is 11.3 Å². The molecule has 0 amide bonds. The van der Waals surface area contributed by atoms with Gasteiger partial charge in [-0.1, -0.05) is 63.2 Å². The van der Waals surface area contributed by atoms with Gasteiger partial charge < -0.3 is 4.42 Å². The van der Waals surface area contributed by atoms with Crippen molar-refractivity contribution in [3.63, 3.8) is 0 Å². The fourth-order valence-electron chi connectivity index (χ4n) is 4.67. The maximum absolute atomic E-state index is 8.73. The summed E-state index contributed by atoms with van der Waals surface area (Å²) in [7, 11) is 0. The summed E-state index contributed by atoms with van der Waals surface area (Å²) in [5, 5.41) is 5.52. The van der Waals surface area contributed by atoms with Crippen molar-refractivity contribution >= 4 is 43.5 Å². The molecule has 2 aromatic heterocycles. The van der Waals surface area contributed by atoms with E-state index in [1.54, 1.807) is 30.5 Å². The van der Waals surface area contributed by atoms with Crippen LogP contribution >= 0.6 is 0 Å². The van der Waals surface area contributed by atoms with Crippen LogP contribution in [0.1, 0.15) is 38.8 Å². The van der Waals surface area contributed by atoms with E-state index in [2.05, 4.69) is 29.2 Å². The van der Waals surface area contributed by atoms with E-state index in [0.717, 1.165) is 26.9 Å². The molecule has 6 rings (SSSR count). The highest BCUT2D eigenvalue weighted by molar-refractivity contribution is 6.18. The van der Waals surface area contributed by atoms with Gasteiger partial charge in [-0.2, -0.15) is 0 Å². The highest BCUT2D eigenvalue weighted by Gasteiger charge is 2.18. The number of aryl methyl sites for hydroxylation is 1. The van der Waals surface area contributed by atoms with E-state index in [-0.39, 0.29) is 5.56 Å². The van der Waals surface area contributed by atoms with Crippen molar-refractivity contribution in [1.29, 1.82) is 0 Å². The molecule has 162 valence electrons. The molecule has 4 aromatic carbocycles. The minimum Gasteiger partial charge on any atom is -0.455 e. The Bertz CT molecular complexity index is 1880. The molecule has 0 aliphatic rings. The summed E-state index contributed by atoms with van der Waals surface area (Å²) in [4.78, 5) is 4.55. The molecule has 0 N–H and O–H groups in total. The minimum absolute atomic E-state index is 0.219. The molecule has 2 heteroatoms. The number of pyridine rings is 1. The Hall–Kier alpha value is -3.65. The summed E-state index contributed by atoms with van der Waals surface area (Å²) in [5.41, 5.74) is 2.30. The van der Waals surface area contributed by atoms with Gasteiger partial charge in [0.05, 0.1) is 5.69 Å². The Morgan fingerprint density at radius 2 is 1.73 bits per heavy atom. The van der Waals surface area contributed by atoms with Crippen LogP contribution < -0.4 is 0 Å². The van der Waals surface area contributed by atoms with Gasteiger partial charge in [-0.3, -0.25) is 4.98 Å². The molecule has 0 saturated carbocycles. The number of hydrogen-bond donors (Lipinski definition) is 0. The second-order valence-electron chi connectivity index (χ2n) is 9.63. The number of benzene rings is 4. The summed E-state index contributed by atoms with van der Waals surface area (Å²) in [6, 6.07) is 23.0. The van der Waals surface area contributed by atoms with Gasteiger partial charge in [0.1, 0.15) is 11.2 Å². The fourth-order valence-corrected chi connectivity index (χ4v) is 4.67. The molecule has 6 aromatic rings. The third-order valence-corrected chi connectivity index (χ3v) is 6.04. The van der Waals surface area contributed by atoms with E-state index in [1.807, 2.05) is 45.0 Å². The second kappa shape index (κ2) is 7.18. The first-order valence-electron chi connectivity index (χ1n) is 13.6. The van der Waals surface area contributed by atoms with Gasteiger partial charge in [0.2, 0.25) is 0 Å². The summed E-state index contributed by atoms with van der Waals surface area (Å²) in [6.45, 7) is 3.25. The highest BCUT2D eigenvalue weighted by Crippen LogP contribution is 2.40. The van der Waals surface area contributed by atoms with Crippen LogP contribution in [-0.4, -0.2) is 4.98 Å². The largest absolute Gasteiger partial charge is 0.455 e. The molecule has 0 radical (unpaired) electrons. The summed E-state index contributed by atoms with van der Waals surface area (Å²) in [5.74, 6) is 0. The highest BCUT2D eigenvalue weighted by atomic mass is 16.3. The zero-order valence-electron chi connectivity index (χ0n) is 23.9. The van der Waals surface area contributed by atoms with Crippen molar-refractivity contribution < 1.29 is 11.3 Å². The molecule has 0 bridgehead atoms. The molecule has 2 nitrogen and oxygen atoms in total. The van der Waals surface area contributed by atoms with E-state index in [1.165, 1.54) is 0 Å². The average Bonchev–Trinajstić information content (AvgIpc) is 3.24. The Balaban J connectivity index is 1.68. The topological polar surface area (TPSA) is 26.0 Å². The van der Waals surface area contributed by atoms with Gasteiger partial charge in [-0.15, -0.1) is 0 Å². The first-order valence-corrected chi connectivity index (χ1v) is 11.1. The van der Waals surface area contributed by atoms with Crippen molar-refractivity contribution in [2.75, 3.05) is 0 Å². The second-order valence-corrected chi connectivity index (χ2v) is 9.63. The zero-order valence-corrected chi connectivity index (χ0v) is 18.9. The first-order chi connectivity index (χ1) is 17.9. The van der Waals surface area contributed by atoms with Crippen LogP contribution in [0.25, 0.3) is 54.7 Å². The van der Waals surface area contributed by atoms with Gasteiger partial charge >= 0.3 is 0 Å². The predicted molar refractivity (Wildman–Crippen MR) is 140 cm³/mol. The van der Waals surface area contributed by atoms with Crippen molar-refractivity contribution in [1.82, 2.24) is 4.98 Å². The normalized spacial score (nSPS) is 15.4. The van der Waals surface area contributed by atoms with E-state index in [4.69, 9.17) is 11.3 Å². The van der Waals surface area contributed by atoms with Crippen molar-refractivity contribution in [2.24, 2.45) is 5.41 Å². The lowest BCUT2D eigenvalue weighted by Crippen LogP contribution is -2.09. The minimum atomic E-state index is -2.34. The number of hydrogen-bond acceptors (Lipinski definition) is 2. The van der Waals surface area contributed by atoms with E-state index >= 15 is 0 Å². The monoisotopic (exact) mass is 434 g/mol. The fraction of sp³-hybridized carbons (Fsp3) is 0.194. The van der Waals surface area contributed by atoms with Crippen LogP contribution in [0.5, 0.6) is 0 Å². The quantitative estimate of drug-likeness (QED) is 0.254. The molecule has 0 spiro atoms. The maximum Gasteiger partial charge on any atom is 0.145 e. The number of rotatable bonds is 2. The van der Waals surface area contributed by atoms with Gasteiger partial charge in [-0.05, 0) is 81.6 Å².